The molecule has 0 atom stereocenters. The summed E-state index contributed by atoms with van der Waals surface area (Å²) in [4.78, 5) is 45.1. The molecule has 7 aromatic carbocycles. The molecule has 268 valence electrons. The van der Waals surface area contributed by atoms with Crippen LogP contribution in [0.25, 0.3) is 21.9 Å². The van der Waals surface area contributed by atoms with E-state index in [9.17, 15) is 24.6 Å². The number of carbonyl (C=O) groups excluding carboxylic acids is 3. The number of amides is 2. The van der Waals surface area contributed by atoms with Crippen LogP contribution < -0.4 is 9.80 Å². The van der Waals surface area contributed by atoms with Gasteiger partial charge in [-0.15, -0.1) is 0 Å². The van der Waals surface area contributed by atoms with Gasteiger partial charge in [0, 0.05) is 41.7 Å². The minimum atomic E-state index is -0.665. The van der Waals surface area contributed by atoms with Crippen molar-refractivity contribution in [1.82, 2.24) is 0 Å². The highest BCUT2D eigenvalue weighted by molar-refractivity contribution is 6.35. The summed E-state index contributed by atoms with van der Waals surface area (Å²) in [5.74, 6) is -1.43. The first-order valence-electron chi connectivity index (χ1n) is 18.1. The quantitative estimate of drug-likeness (QED) is 0.101. The molecule has 0 bridgehead atoms. The van der Waals surface area contributed by atoms with Gasteiger partial charge in [-0.3, -0.25) is 14.4 Å². The highest BCUT2D eigenvalue weighted by atomic mass is 16.3. The molecule has 0 saturated heterocycles. The van der Waals surface area contributed by atoms with E-state index in [0.717, 1.165) is 39.1 Å². The van der Waals surface area contributed by atoms with Gasteiger partial charge in [-0.1, -0.05) is 84.9 Å². The number of carbonyl (C=O) groups is 3. The van der Waals surface area contributed by atoms with E-state index in [1.165, 1.54) is 46.4 Å². The fraction of sp³-hybridized carbons (Fsp3) is 0.104. The number of nitrogens with zero attached hydrogens (tertiary/aromatic N) is 2. The number of hydrogen-bond donors (Lipinski definition) is 2. The van der Waals surface area contributed by atoms with Crippen molar-refractivity contribution in [3.05, 3.63) is 189 Å². The molecule has 9 rings (SSSR count). The molecule has 2 aliphatic rings. The van der Waals surface area contributed by atoms with E-state index in [0.29, 0.717) is 16.5 Å². The lowest BCUT2D eigenvalue weighted by Gasteiger charge is -2.35. The second-order valence-electron chi connectivity index (χ2n) is 14.6. The zero-order chi connectivity index (χ0) is 38.3. The van der Waals surface area contributed by atoms with Crippen molar-refractivity contribution in [2.24, 2.45) is 0 Å². The van der Waals surface area contributed by atoms with E-state index in [4.69, 9.17) is 0 Å². The second-order valence-corrected chi connectivity index (χ2v) is 14.6. The largest absolute Gasteiger partial charge is 0.507 e. The Kier molecular flexibility index (Phi) is 7.55. The molecule has 0 spiro atoms. The average molecular weight is 721 g/mol. The Morgan fingerprint density at radius 3 is 1.76 bits per heavy atom. The van der Waals surface area contributed by atoms with Gasteiger partial charge in [-0.25, -0.2) is 4.90 Å². The number of phenolic OH excluding ortho intramolecular Hbond substituents is 2. The van der Waals surface area contributed by atoms with Gasteiger partial charge in [0.1, 0.15) is 11.5 Å². The number of aryl methyl sites for hydroxylation is 2. The maximum Gasteiger partial charge on any atom is 0.266 e. The normalized spacial score (nSPS) is 13.9. The van der Waals surface area contributed by atoms with Crippen LogP contribution in [-0.2, 0) is 5.41 Å². The predicted octanol–water partition coefficient (Wildman–Crippen LogP) is 9.33. The number of anilines is 2. The van der Waals surface area contributed by atoms with Crippen LogP contribution in [0.2, 0.25) is 0 Å². The molecule has 1 aliphatic heterocycles. The number of hydrogen-bond acceptors (Lipinski definition) is 6. The number of benzene rings is 7. The van der Waals surface area contributed by atoms with Crippen LogP contribution in [0.3, 0.4) is 0 Å². The van der Waals surface area contributed by atoms with Crippen LogP contribution in [0.5, 0.6) is 11.5 Å². The standard InChI is InChI=1S/C48H36N2O5/c1-27-23-31(15-19-41(27)49(3)4)48(39-11-7-5-9-33(39)34-10-6-8-12-40(34)48)32-16-20-42(28(2)24-32)50-46(54)36-18-14-30(26-38(36)47(50)55)45(53)29-13-17-35-37(25-29)44(52)22-21-43(35)51/h5-26,51-52H,1-4H3. The maximum atomic E-state index is 14.1. The number of fused-ring (bicyclic) bond motifs is 5. The van der Waals surface area contributed by atoms with Gasteiger partial charge < -0.3 is 15.1 Å². The molecule has 0 fully saturated rings. The summed E-state index contributed by atoms with van der Waals surface area (Å²) in [6.45, 7) is 4.05. The van der Waals surface area contributed by atoms with E-state index < -0.39 is 17.2 Å². The number of rotatable bonds is 6. The molecule has 0 saturated carbocycles. The lowest BCUT2D eigenvalue weighted by Crippen LogP contribution is -2.31. The smallest absolute Gasteiger partial charge is 0.266 e. The van der Waals surface area contributed by atoms with Gasteiger partial charge in [-0.2, -0.15) is 0 Å². The molecule has 55 heavy (non-hydrogen) atoms. The molecule has 0 radical (unpaired) electrons. The SMILES string of the molecule is Cc1cc(C2(c3ccc(N4C(=O)c5ccc(C(=O)c6ccc7c(O)ccc(O)c7c6)cc5C4=O)c(C)c3)c3ccccc3-c3ccccc32)ccc1N(C)C. The van der Waals surface area contributed by atoms with Gasteiger partial charge in [0.15, 0.2) is 5.78 Å². The minimum absolute atomic E-state index is 0.0151. The summed E-state index contributed by atoms with van der Waals surface area (Å²) in [5, 5.41) is 21.3. The topological polar surface area (TPSA) is 98.1 Å². The van der Waals surface area contributed by atoms with Crippen LogP contribution in [0, 0.1) is 13.8 Å². The van der Waals surface area contributed by atoms with Crippen LogP contribution in [-0.4, -0.2) is 41.9 Å². The lowest BCUT2D eigenvalue weighted by atomic mass is 9.67. The summed E-state index contributed by atoms with van der Waals surface area (Å²) in [5.41, 5.74) is 10.5. The fourth-order valence-electron chi connectivity index (χ4n) is 8.78. The Bertz CT molecular complexity index is 2770. The Balaban J connectivity index is 1.12. The zero-order valence-corrected chi connectivity index (χ0v) is 30.7. The summed E-state index contributed by atoms with van der Waals surface area (Å²) < 4.78 is 0. The molecule has 2 amide bonds. The third-order valence-electron chi connectivity index (χ3n) is 11.3. The van der Waals surface area contributed by atoms with Crippen molar-refractivity contribution in [1.29, 1.82) is 0 Å². The molecule has 2 N–H and O–H groups in total. The van der Waals surface area contributed by atoms with Gasteiger partial charge >= 0.3 is 0 Å². The molecule has 0 aromatic heterocycles. The highest BCUT2D eigenvalue weighted by Gasteiger charge is 2.47. The van der Waals surface area contributed by atoms with Crippen molar-refractivity contribution in [3.8, 4) is 22.6 Å². The second kappa shape index (κ2) is 12.3. The third-order valence-corrected chi connectivity index (χ3v) is 11.3. The van der Waals surface area contributed by atoms with Crippen molar-refractivity contribution >= 4 is 39.7 Å². The van der Waals surface area contributed by atoms with E-state index >= 15 is 0 Å². The first kappa shape index (κ1) is 33.8. The van der Waals surface area contributed by atoms with Gasteiger partial charge in [0.25, 0.3) is 11.8 Å². The third kappa shape index (κ3) is 4.86. The maximum absolute atomic E-state index is 14.1. The number of imide groups is 1. The Labute approximate surface area is 318 Å². The summed E-state index contributed by atoms with van der Waals surface area (Å²) >= 11 is 0. The summed E-state index contributed by atoms with van der Waals surface area (Å²) in [7, 11) is 4.09. The van der Waals surface area contributed by atoms with Gasteiger partial charge in [-0.05, 0) is 107 Å². The van der Waals surface area contributed by atoms with Gasteiger partial charge in [0.05, 0.1) is 22.2 Å². The first-order chi connectivity index (χ1) is 26.5. The van der Waals surface area contributed by atoms with Gasteiger partial charge in [0.2, 0.25) is 0 Å². The van der Waals surface area contributed by atoms with Crippen molar-refractivity contribution < 1.29 is 24.6 Å². The van der Waals surface area contributed by atoms with Crippen molar-refractivity contribution in [2.45, 2.75) is 19.3 Å². The molecule has 7 heteroatoms. The Morgan fingerprint density at radius 1 is 0.564 bits per heavy atom. The first-order valence-corrected chi connectivity index (χ1v) is 18.1. The molecular formula is C48H36N2O5. The average Bonchev–Trinajstić information content (AvgIpc) is 3.63. The molecule has 7 nitrogen and oxygen atoms in total. The van der Waals surface area contributed by atoms with Crippen LogP contribution in [0.1, 0.15) is 70.0 Å². The van der Waals surface area contributed by atoms with Crippen LogP contribution >= 0.6 is 0 Å². The lowest BCUT2D eigenvalue weighted by molar-refractivity contribution is 0.0925. The molecular weight excluding hydrogens is 685 g/mol. The number of phenols is 2. The summed E-state index contributed by atoms with van der Waals surface area (Å²) in [6.07, 6.45) is 0. The number of aromatic hydroxyl groups is 2. The number of ketones is 1. The molecule has 1 heterocycles. The Morgan fingerprint density at radius 2 is 1.13 bits per heavy atom. The minimum Gasteiger partial charge on any atom is -0.507 e. The summed E-state index contributed by atoms with van der Waals surface area (Å²) in [6, 6.07) is 41.6. The van der Waals surface area contributed by atoms with E-state index in [1.807, 2.05) is 33.2 Å². The monoisotopic (exact) mass is 720 g/mol. The molecule has 0 unspecified atom stereocenters. The van der Waals surface area contributed by atoms with Crippen LogP contribution in [0.15, 0.2) is 133 Å². The van der Waals surface area contributed by atoms with E-state index in [2.05, 4.69) is 84.6 Å². The molecule has 1 aliphatic carbocycles. The van der Waals surface area contributed by atoms with Crippen molar-refractivity contribution in [2.75, 3.05) is 23.9 Å². The zero-order valence-electron chi connectivity index (χ0n) is 30.7. The Hall–Kier alpha value is -6.99. The molecule has 7 aromatic rings. The fourth-order valence-corrected chi connectivity index (χ4v) is 8.78. The van der Waals surface area contributed by atoms with Crippen LogP contribution in [0.4, 0.5) is 11.4 Å². The van der Waals surface area contributed by atoms with Crippen molar-refractivity contribution in [3.63, 3.8) is 0 Å². The highest BCUT2D eigenvalue weighted by Crippen LogP contribution is 2.56. The predicted molar refractivity (Wildman–Crippen MR) is 216 cm³/mol. The van der Waals surface area contributed by atoms with E-state index in [1.54, 1.807) is 18.2 Å². The van der Waals surface area contributed by atoms with E-state index in [-0.39, 0.29) is 39.5 Å².